The average molecular weight is 543 g/mol. The van der Waals surface area contributed by atoms with Crippen LogP contribution in [0.2, 0.25) is 5.02 Å². The van der Waals surface area contributed by atoms with Crippen molar-refractivity contribution < 1.29 is 23.9 Å². The Kier molecular flexibility index (Phi) is 4.87. The standard InChI is InChI=1S/C25H19ClN2O6S2/c26-12-4-2-1-3-9(12)13-5-6-14(34-13)19-16-10-7-11(20(16)35-22-21(19)36-25(33)27-22)18-17(10)23(31)28(24(18)32)8-15(29)30/h1-6,10-11,16-20H,7-8H2,(H,27,33)(H,29,30)/t10-,11-,16-,17+,18-,19-,20+/m1/s1. The number of carbonyl (C=O) groups excluding carboxylic acids is 2. The molecule has 2 aromatic heterocycles. The summed E-state index contributed by atoms with van der Waals surface area (Å²) in [5.41, 5.74) is 0.767. The fourth-order valence-electron chi connectivity index (χ4n) is 7.01. The zero-order valence-corrected chi connectivity index (χ0v) is 20.9. The van der Waals surface area contributed by atoms with Crippen molar-refractivity contribution in [3.05, 3.63) is 61.7 Å². The highest BCUT2D eigenvalue weighted by Gasteiger charge is 2.70. The van der Waals surface area contributed by atoms with Crippen LogP contribution in [0.25, 0.3) is 11.3 Å². The van der Waals surface area contributed by atoms with Gasteiger partial charge in [-0.25, -0.2) is 0 Å². The van der Waals surface area contributed by atoms with Crippen LogP contribution in [0.4, 0.5) is 0 Å². The quantitative estimate of drug-likeness (QED) is 0.479. The van der Waals surface area contributed by atoms with Gasteiger partial charge in [-0.3, -0.25) is 24.1 Å². The zero-order valence-electron chi connectivity index (χ0n) is 18.5. The molecular formula is C25H19ClN2O6S2. The second kappa shape index (κ2) is 7.84. The number of furan rings is 1. The normalized spacial score (nSPS) is 32.0. The van der Waals surface area contributed by atoms with Crippen LogP contribution in [0.3, 0.4) is 0 Å². The Morgan fingerprint density at radius 1 is 1.11 bits per heavy atom. The van der Waals surface area contributed by atoms with Crippen molar-refractivity contribution in [1.29, 1.82) is 0 Å². The topological polar surface area (TPSA) is 121 Å². The molecular weight excluding hydrogens is 524 g/mol. The molecule has 3 fully saturated rings. The Balaban J connectivity index is 1.32. The fourth-order valence-corrected chi connectivity index (χ4v) is 10.1. The van der Waals surface area contributed by atoms with Gasteiger partial charge in [0.1, 0.15) is 18.1 Å². The number of carbonyl (C=O) groups is 3. The number of aromatic nitrogens is 1. The molecule has 2 bridgehead atoms. The number of benzene rings is 1. The molecule has 36 heavy (non-hydrogen) atoms. The number of carboxylic acid groups (broad SMARTS) is 1. The van der Waals surface area contributed by atoms with Crippen molar-refractivity contribution >= 4 is 52.5 Å². The van der Waals surface area contributed by atoms with Crippen LogP contribution in [0, 0.1) is 29.6 Å². The first-order valence-corrected chi connectivity index (χ1v) is 13.7. The van der Waals surface area contributed by atoms with Gasteiger partial charge in [-0.2, -0.15) is 0 Å². The summed E-state index contributed by atoms with van der Waals surface area (Å²) >= 11 is 9.13. The number of halogens is 1. The summed E-state index contributed by atoms with van der Waals surface area (Å²) in [6, 6.07) is 11.2. The van der Waals surface area contributed by atoms with E-state index in [2.05, 4.69) is 4.98 Å². The first kappa shape index (κ1) is 22.4. The molecule has 2 saturated carbocycles. The molecule has 184 valence electrons. The number of thiazole rings is 1. The summed E-state index contributed by atoms with van der Waals surface area (Å²) in [7, 11) is 0. The molecule has 4 heterocycles. The third-order valence-corrected chi connectivity index (χ3v) is 11.1. The number of carboxylic acids is 1. The highest BCUT2D eigenvalue weighted by atomic mass is 35.5. The van der Waals surface area contributed by atoms with Crippen LogP contribution < -0.4 is 4.87 Å². The summed E-state index contributed by atoms with van der Waals surface area (Å²) in [5, 5.41) is 10.6. The molecule has 1 saturated heterocycles. The van der Waals surface area contributed by atoms with E-state index in [0.717, 1.165) is 38.1 Å². The number of fused-ring (bicyclic) bond motifs is 9. The fraction of sp³-hybridized carbons (Fsp3) is 0.360. The molecule has 7 rings (SSSR count). The Bertz CT molecular complexity index is 1510. The largest absolute Gasteiger partial charge is 0.480 e. The molecule has 11 heteroatoms. The van der Waals surface area contributed by atoms with Crippen molar-refractivity contribution in [2.45, 2.75) is 22.6 Å². The van der Waals surface area contributed by atoms with E-state index < -0.39 is 24.3 Å². The van der Waals surface area contributed by atoms with Crippen molar-refractivity contribution in [3.8, 4) is 11.3 Å². The third kappa shape index (κ3) is 3.01. The van der Waals surface area contributed by atoms with E-state index in [9.17, 15) is 24.3 Å². The van der Waals surface area contributed by atoms with Gasteiger partial charge >= 0.3 is 10.8 Å². The summed E-state index contributed by atoms with van der Waals surface area (Å²) in [6.45, 7) is -0.601. The maximum absolute atomic E-state index is 13.3. The van der Waals surface area contributed by atoms with E-state index in [1.807, 2.05) is 30.3 Å². The predicted molar refractivity (Wildman–Crippen MR) is 132 cm³/mol. The van der Waals surface area contributed by atoms with E-state index in [1.54, 1.807) is 17.8 Å². The molecule has 2 aliphatic heterocycles. The van der Waals surface area contributed by atoms with Crippen molar-refractivity contribution in [2.24, 2.45) is 29.6 Å². The number of nitrogens with one attached hydrogen (secondary N) is 1. The molecule has 0 spiro atoms. The minimum atomic E-state index is -1.20. The highest BCUT2D eigenvalue weighted by Crippen LogP contribution is 2.68. The second-order valence-corrected chi connectivity index (χ2v) is 12.4. The first-order chi connectivity index (χ1) is 17.3. The van der Waals surface area contributed by atoms with E-state index in [0.29, 0.717) is 16.5 Å². The van der Waals surface area contributed by atoms with Crippen molar-refractivity contribution in [2.75, 3.05) is 6.54 Å². The number of likely N-dealkylation sites (tertiary alicyclic amines) is 1. The van der Waals surface area contributed by atoms with Crippen LogP contribution in [0.1, 0.15) is 23.0 Å². The third-order valence-electron chi connectivity index (χ3n) is 8.18. The maximum Gasteiger partial charge on any atom is 0.323 e. The monoisotopic (exact) mass is 542 g/mol. The number of aliphatic carboxylic acids is 1. The minimum Gasteiger partial charge on any atom is -0.480 e. The van der Waals surface area contributed by atoms with Gasteiger partial charge in [0.25, 0.3) is 0 Å². The Morgan fingerprint density at radius 3 is 2.61 bits per heavy atom. The molecule has 1 aromatic carbocycles. The van der Waals surface area contributed by atoms with Crippen molar-refractivity contribution in [3.63, 3.8) is 0 Å². The van der Waals surface area contributed by atoms with Gasteiger partial charge in [0.15, 0.2) is 0 Å². The number of nitrogens with zero attached hydrogens (tertiary/aromatic N) is 1. The number of aromatic amines is 1. The summed E-state index contributed by atoms with van der Waals surface area (Å²) < 4.78 is 6.36. The van der Waals surface area contributed by atoms with Gasteiger partial charge in [0.2, 0.25) is 11.8 Å². The van der Waals surface area contributed by atoms with Gasteiger partial charge in [-0.05, 0) is 48.4 Å². The number of rotatable bonds is 4. The summed E-state index contributed by atoms with van der Waals surface area (Å²) in [4.78, 5) is 54.7. The van der Waals surface area contributed by atoms with Crippen LogP contribution in [0.5, 0.6) is 0 Å². The molecule has 2 N–H and O–H groups in total. The van der Waals surface area contributed by atoms with Gasteiger partial charge in [0, 0.05) is 10.8 Å². The molecule has 2 aliphatic carbocycles. The number of H-pyrrole nitrogens is 1. The highest BCUT2D eigenvalue weighted by molar-refractivity contribution is 8.00. The molecule has 8 nitrogen and oxygen atoms in total. The van der Waals surface area contributed by atoms with Crippen molar-refractivity contribution in [1.82, 2.24) is 9.88 Å². The molecule has 7 atom stereocenters. The molecule has 4 aliphatic rings. The Morgan fingerprint density at radius 2 is 1.86 bits per heavy atom. The summed E-state index contributed by atoms with van der Waals surface area (Å²) in [6.07, 6.45) is 0.726. The van der Waals surface area contributed by atoms with Gasteiger partial charge in [0.05, 0.1) is 32.7 Å². The second-order valence-electron chi connectivity index (χ2n) is 9.80. The average Bonchev–Trinajstić information content (AvgIpc) is 3.64. The number of imide groups is 1. The van der Waals surface area contributed by atoms with Crippen LogP contribution in [0.15, 0.2) is 50.6 Å². The number of hydrogen-bond acceptors (Lipinski definition) is 7. The number of amides is 2. The Labute approximate surface area is 217 Å². The van der Waals surface area contributed by atoms with Crippen LogP contribution >= 0.6 is 34.7 Å². The molecule has 3 aromatic rings. The van der Waals surface area contributed by atoms with Gasteiger partial charge in [-0.1, -0.05) is 35.1 Å². The van der Waals surface area contributed by atoms with E-state index in [-0.39, 0.29) is 45.6 Å². The molecule has 2 amide bonds. The molecule has 0 radical (unpaired) electrons. The zero-order chi connectivity index (χ0) is 24.9. The number of thioether (sulfide) groups is 1. The van der Waals surface area contributed by atoms with Crippen LogP contribution in [-0.4, -0.2) is 44.6 Å². The predicted octanol–water partition coefficient (Wildman–Crippen LogP) is 3.91. The van der Waals surface area contributed by atoms with E-state index >= 15 is 0 Å². The Hall–Kier alpha value is -2.82. The summed E-state index contributed by atoms with van der Waals surface area (Å²) in [5.74, 6) is -2.11. The SMILES string of the molecule is O=C(O)CN1C(=O)[C@@H]2[C@H]3C[C@@H]([C@@H]2C1=O)[C@@H]1[C@@H](c2ccc(-c4ccccc4Cl)o2)c2sc(=O)[nH]c2S[C@@H]31. The lowest BCUT2D eigenvalue weighted by Gasteiger charge is -2.42. The van der Waals surface area contributed by atoms with Crippen LogP contribution in [-0.2, 0) is 14.4 Å². The van der Waals surface area contributed by atoms with E-state index in [1.165, 1.54) is 0 Å². The van der Waals surface area contributed by atoms with Gasteiger partial charge in [-0.15, -0.1) is 11.8 Å². The first-order valence-electron chi connectivity index (χ1n) is 11.6. The van der Waals surface area contributed by atoms with E-state index in [4.69, 9.17) is 16.0 Å². The molecule has 0 unspecified atom stereocenters. The number of hydrogen-bond donors (Lipinski definition) is 2. The maximum atomic E-state index is 13.3. The van der Waals surface area contributed by atoms with Gasteiger partial charge < -0.3 is 14.5 Å². The minimum absolute atomic E-state index is 0.00870. The lowest BCUT2D eigenvalue weighted by atomic mass is 9.69. The lowest BCUT2D eigenvalue weighted by molar-refractivity contribution is -0.149. The lowest BCUT2D eigenvalue weighted by Crippen LogP contribution is -2.42. The smallest absolute Gasteiger partial charge is 0.323 e.